The van der Waals surface area contributed by atoms with E-state index in [0.29, 0.717) is 5.56 Å². The van der Waals surface area contributed by atoms with Crippen LogP contribution in [0.2, 0.25) is 0 Å². The lowest BCUT2D eigenvalue weighted by molar-refractivity contribution is 0.101. The van der Waals surface area contributed by atoms with Crippen molar-refractivity contribution in [2.75, 3.05) is 7.11 Å². The van der Waals surface area contributed by atoms with Gasteiger partial charge in [0.1, 0.15) is 5.75 Å². The zero-order valence-electron chi connectivity index (χ0n) is 18.9. The highest BCUT2D eigenvalue weighted by Crippen LogP contribution is 2.42. The second kappa shape index (κ2) is 7.85. The Kier molecular flexibility index (Phi) is 4.66. The van der Waals surface area contributed by atoms with E-state index >= 15 is 0 Å². The zero-order chi connectivity index (χ0) is 23.2. The number of Topliss-reactive ketones (excluding diaryl/α,β-unsaturated/α-hetero) is 1. The lowest BCUT2D eigenvalue weighted by Crippen LogP contribution is -1.92. The molecule has 0 saturated heterocycles. The molecule has 4 nitrogen and oxygen atoms in total. The zero-order valence-corrected chi connectivity index (χ0v) is 18.9. The van der Waals surface area contributed by atoms with E-state index in [0.717, 1.165) is 55.5 Å². The van der Waals surface area contributed by atoms with E-state index in [1.165, 1.54) is 0 Å². The van der Waals surface area contributed by atoms with Gasteiger partial charge in [0, 0.05) is 33.7 Å². The number of benzene rings is 3. The van der Waals surface area contributed by atoms with Crippen molar-refractivity contribution in [3.05, 3.63) is 103 Å². The van der Waals surface area contributed by atoms with Gasteiger partial charge in [0.15, 0.2) is 5.78 Å². The molecule has 164 valence electrons. The summed E-state index contributed by atoms with van der Waals surface area (Å²) in [6.45, 7) is 1.60. The molecule has 6 aromatic rings. The van der Waals surface area contributed by atoms with Gasteiger partial charge < -0.3 is 9.14 Å². The molecule has 3 aromatic carbocycles. The van der Waals surface area contributed by atoms with Crippen molar-refractivity contribution in [2.24, 2.45) is 0 Å². The average molecular weight is 443 g/mol. The Bertz CT molecular complexity index is 1690. The van der Waals surface area contributed by atoms with E-state index < -0.39 is 0 Å². The highest BCUT2D eigenvalue weighted by molar-refractivity contribution is 6.20. The number of carbonyl (C=O) groups excluding carboxylic acids is 1. The minimum absolute atomic E-state index is 0.0644. The Morgan fingerprint density at radius 1 is 0.824 bits per heavy atom. The van der Waals surface area contributed by atoms with E-state index in [1.54, 1.807) is 14.0 Å². The largest absolute Gasteiger partial charge is 0.497 e. The maximum absolute atomic E-state index is 11.9. The van der Waals surface area contributed by atoms with Crippen molar-refractivity contribution in [1.82, 2.24) is 9.38 Å². The molecule has 0 spiro atoms. The molecule has 34 heavy (non-hydrogen) atoms. The Morgan fingerprint density at radius 3 is 2.26 bits per heavy atom. The summed E-state index contributed by atoms with van der Waals surface area (Å²) in [4.78, 5) is 17.0. The summed E-state index contributed by atoms with van der Waals surface area (Å²) in [5.74, 6) is 0.877. The van der Waals surface area contributed by atoms with E-state index in [1.807, 2.05) is 48.5 Å². The maximum atomic E-state index is 11.9. The second-order valence-corrected chi connectivity index (χ2v) is 8.39. The fourth-order valence-electron chi connectivity index (χ4n) is 4.77. The maximum Gasteiger partial charge on any atom is 0.159 e. The van der Waals surface area contributed by atoms with Crippen LogP contribution < -0.4 is 4.74 Å². The van der Waals surface area contributed by atoms with Gasteiger partial charge in [-0.3, -0.25) is 4.79 Å². The van der Waals surface area contributed by atoms with Crippen molar-refractivity contribution in [1.29, 1.82) is 0 Å². The number of hydrogen-bond acceptors (Lipinski definition) is 3. The van der Waals surface area contributed by atoms with E-state index in [-0.39, 0.29) is 5.78 Å². The number of pyridine rings is 2. The molecule has 0 aliphatic carbocycles. The summed E-state index contributed by atoms with van der Waals surface area (Å²) in [6, 6.07) is 30.5. The molecule has 0 saturated carbocycles. The molecule has 0 bridgehead atoms. The van der Waals surface area contributed by atoms with Gasteiger partial charge in [0.2, 0.25) is 0 Å². The van der Waals surface area contributed by atoms with Crippen LogP contribution in [-0.4, -0.2) is 22.3 Å². The molecular weight excluding hydrogens is 420 g/mol. The number of fused-ring (bicyclic) bond motifs is 5. The second-order valence-electron chi connectivity index (χ2n) is 8.39. The smallest absolute Gasteiger partial charge is 0.159 e. The highest BCUT2D eigenvalue weighted by atomic mass is 16.5. The number of nitrogens with zero attached hydrogens (tertiary/aromatic N) is 2. The van der Waals surface area contributed by atoms with Crippen LogP contribution in [-0.2, 0) is 0 Å². The van der Waals surface area contributed by atoms with Crippen LogP contribution in [0.1, 0.15) is 17.3 Å². The van der Waals surface area contributed by atoms with E-state index in [9.17, 15) is 4.79 Å². The van der Waals surface area contributed by atoms with Gasteiger partial charge in [-0.25, -0.2) is 4.98 Å². The van der Waals surface area contributed by atoms with Crippen LogP contribution in [0.5, 0.6) is 5.75 Å². The molecule has 4 heteroatoms. The minimum atomic E-state index is 0.0644. The molecule has 0 radical (unpaired) electrons. The lowest BCUT2D eigenvalue weighted by atomic mass is 9.97. The monoisotopic (exact) mass is 442 g/mol. The molecule has 0 aliphatic rings. The minimum Gasteiger partial charge on any atom is -0.497 e. The van der Waals surface area contributed by atoms with Crippen molar-refractivity contribution >= 4 is 33.1 Å². The number of hydrogen-bond donors (Lipinski definition) is 0. The first-order chi connectivity index (χ1) is 16.7. The fourth-order valence-corrected chi connectivity index (χ4v) is 4.77. The number of para-hydroxylation sites is 1. The third-order valence-electron chi connectivity index (χ3n) is 6.42. The third-order valence-corrected chi connectivity index (χ3v) is 6.42. The van der Waals surface area contributed by atoms with Crippen LogP contribution in [0.4, 0.5) is 0 Å². The average Bonchev–Trinajstić information content (AvgIpc) is 3.24. The number of ketones is 1. The molecule has 3 heterocycles. The molecule has 0 fully saturated rings. The Morgan fingerprint density at radius 2 is 1.53 bits per heavy atom. The predicted octanol–water partition coefficient (Wildman–Crippen LogP) is 7.19. The molecule has 6 rings (SSSR count). The van der Waals surface area contributed by atoms with Crippen LogP contribution >= 0.6 is 0 Å². The van der Waals surface area contributed by atoms with Crippen LogP contribution in [0, 0.1) is 0 Å². The SMILES string of the molecule is COc1ccc(-c2nc3ccccc3c3c(-c4ccc(C(C)=O)cc4)c4ccccn4c23)cc1. The molecule has 0 unspecified atom stereocenters. The summed E-state index contributed by atoms with van der Waals surface area (Å²) in [5, 5.41) is 2.25. The Balaban J connectivity index is 1.77. The molecule has 0 aliphatic heterocycles. The standard InChI is InChI=1S/C30H22N2O2/c1-19(33)20-10-12-21(13-11-20)27-26-9-5-6-18-32(26)30-28(27)24-7-3-4-8-25(24)31-29(30)22-14-16-23(34-2)17-15-22/h3-18H,1-2H3. The Labute approximate surface area is 197 Å². The van der Waals surface area contributed by atoms with Gasteiger partial charge >= 0.3 is 0 Å². The van der Waals surface area contributed by atoms with Gasteiger partial charge in [-0.05, 0) is 55.0 Å². The molecule has 0 atom stereocenters. The van der Waals surface area contributed by atoms with Gasteiger partial charge in [-0.2, -0.15) is 0 Å². The summed E-state index contributed by atoms with van der Waals surface area (Å²) in [7, 11) is 1.67. The number of methoxy groups -OCH3 is 1. The first-order valence-electron chi connectivity index (χ1n) is 11.2. The summed E-state index contributed by atoms with van der Waals surface area (Å²) < 4.78 is 7.60. The number of rotatable bonds is 4. The first-order valence-corrected chi connectivity index (χ1v) is 11.2. The van der Waals surface area contributed by atoms with Crippen LogP contribution in [0.25, 0.3) is 49.7 Å². The lowest BCUT2D eigenvalue weighted by Gasteiger charge is -2.10. The molecular formula is C30H22N2O2. The number of aromatic nitrogens is 2. The number of carbonyl (C=O) groups is 1. The van der Waals surface area contributed by atoms with E-state index in [4.69, 9.17) is 9.72 Å². The van der Waals surface area contributed by atoms with Gasteiger partial charge in [-0.15, -0.1) is 0 Å². The summed E-state index contributed by atoms with van der Waals surface area (Å²) >= 11 is 0. The quantitative estimate of drug-likeness (QED) is 0.272. The van der Waals surface area contributed by atoms with Crippen molar-refractivity contribution in [2.45, 2.75) is 6.92 Å². The molecule has 0 N–H and O–H groups in total. The van der Waals surface area contributed by atoms with Crippen molar-refractivity contribution < 1.29 is 9.53 Å². The molecule has 3 aromatic heterocycles. The van der Waals surface area contributed by atoms with Crippen LogP contribution in [0.3, 0.4) is 0 Å². The number of ether oxygens (including phenoxy) is 1. The predicted molar refractivity (Wildman–Crippen MR) is 138 cm³/mol. The van der Waals surface area contributed by atoms with E-state index in [2.05, 4.69) is 53.1 Å². The fraction of sp³-hybridized carbons (Fsp3) is 0.0667. The van der Waals surface area contributed by atoms with Gasteiger partial charge in [0.05, 0.1) is 29.4 Å². The van der Waals surface area contributed by atoms with Crippen LogP contribution in [0.15, 0.2) is 97.2 Å². The summed E-state index contributed by atoms with van der Waals surface area (Å²) in [5.41, 5.74) is 7.97. The third kappa shape index (κ3) is 3.07. The highest BCUT2D eigenvalue weighted by Gasteiger charge is 2.21. The van der Waals surface area contributed by atoms with Gasteiger partial charge in [-0.1, -0.05) is 48.5 Å². The summed E-state index contributed by atoms with van der Waals surface area (Å²) in [6.07, 6.45) is 2.09. The molecule has 0 amide bonds. The normalized spacial score (nSPS) is 11.4. The first kappa shape index (κ1) is 20.2. The topological polar surface area (TPSA) is 43.6 Å². The van der Waals surface area contributed by atoms with Crippen molar-refractivity contribution in [3.63, 3.8) is 0 Å². The van der Waals surface area contributed by atoms with Crippen molar-refractivity contribution in [3.8, 4) is 28.1 Å². The van der Waals surface area contributed by atoms with Gasteiger partial charge in [0.25, 0.3) is 0 Å². The Hall–Kier alpha value is -4.44.